The molecule has 1 rings (SSSR count). The minimum atomic E-state index is 0.271. The number of likely N-dealkylation sites (N-methyl/N-ethyl adjacent to an activating group) is 1. The highest BCUT2D eigenvalue weighted by atomic mass is 16.5. The van der Waals surface area contributed by atoms with Crippen LogP contribution < -0.4 is 10.1 Å². The van der Waals surface area contributed by atoms with Gasteiger partial charge in [-0.2, -0.15) is 0 Å². The van der Waals surface area contributed by atoms with Crippen LogP contribution in [0.5, 0.6) is 5.88 Å². The molecule has 102 valence electrons. The first-order valence-electron chi connectivity index (χ1n) is 6.61. The Morgan fingerprint density at radius 1 is 1.44 bits per heavy atom. The molecule has 0 aliphatic carbocycles. The van der Waals surface area contributed by atoms with E-state index in [-0.39, 0.29) is 6.04 Å². The molecule has 0 radical (unpaired) electrons. The van der Waals surface area contributed by atoms with Gasteiger partial charge in [0, 0.05) is 24.3 Å². The van der Waals surface area contributed by atoms with Crippen molar-refractivity contribution in [1.29, 1.82) is 0 Å². The van der Waals surface area contributed by atoms with Crippen molar-refractivity contribution in [2.75, 3.05) is 33.8 Å². The molecule has 0 aliphatic rings. The topological polar surface area (TPSA) is 37.4 Å². The molecule has 1 N–H and O–H groups in total. The van der Waals surface area contributed by atoms with Gasteiger partial charge < -0.3 is 15.0 Å². The summed E-state index contributed by atoms with van der Waals surface area (Å²) in [6, 6.07) is 4.30. The van der Waals surface area contributed by atoms with Gasteiger partial charge >= 0.3 is 0 Å². The number of pyridine rings is 1. The molecule has 1 heterocycles. The molecule has 1 aromatic rings. The molecule has 4 heteroatoms. The Balaban J connectivity index is 2.60. The lowest BCUT2D eigenvalue weighted by molar-refractivity contribution is 0.250. The summed E-state index contributed by atoms with van der Waals surface area (Å²) in [6.07, 6.45) is 2.91. The van der Waals surface area contributed by atoms with E-state index in [9.17, 15) is 0 Å². The first kappa shape index (κ1) is 14.9. The summed E-state index contributed by atoms with van der Waals surface area (Å²) >= 11 is 0. The first-order chi connectivity index (χ1) is 8.65. The van der Waals surface area contributed by atoms with Crippen LogP contribution >= 0.6 is 0 Å². The van der Waals surface area contributed by atoms with Crippen molar-refractivity contribution in [3.63, 3.8) is 0 Å². The van der Waals surface area contributed by atoms with E-state index >= 15 is 0 Å². The molecular weight excluding hydrogens is 226 g/mol. The Hall–Kier alpha value is -1.13. The van der Waals surface area contributed by atoms with Crippen LogP contribution in [0.1, 0.15) is 31.9 Å². The van der Waals surface area contributed by atoms with Crippen LogP contribution in [0.15, 0.2) is 18.3 Å². The number of nitrogens with zero attached hydrogens (tertiary/aromatic N) is 2. The average Bonchev–Trinajstić information content (AvgIpc) is 2.36. The molecule has 1 aromatic heterocycles. The van der Waals surface area contributed by atoms with Gasteiger partial charge in [-0.3, -0.25) is 0 Å². The molecule has 4 nitrogen and oxygen atoms in total. The highest BCUT2D eigenvalue weighted by Crippen LogP contribution is 2.22. The third-order valence-corrected chi connectivity index (χ3v) is 2.74. The molecular formula is C14H25N3O. The zero-order chi connectivity index (χ0) is 13.4. The summed E-state index contributed by atoms with van der Waals surface area (Å²) in [5.74, 6) is 0.746. The molecule has 1 unspecified atom stereocenters. The SMILES string of the molecule is CCCNC(C)c1cccnc1OCCN(C)C. The normalized spacial score (nSPS) is 12.7. The minimum Gasteiger partial charge on any atom is -0.476 e. The van der Waals surface area contributed by atoms with Crippen molar-refractivity contribution in [2.24, 2.45) is 0 Å². The van der Waals surface area contributed by atoms with Crippen molar-refractivity contribution in [1.82, 2.24) is 15.2 Å². The van der Waals surface area contributed by atoms with Crippen LogP contribution in [-0.4, -0.2) is 43.7 Å². The standard InChI is InChI=1S/C14H25N3O/c1-5-8-15-12(2)13-7-6-9-16-14(13)18-11-10-17(3)4/h6-7,9,12,15H,5,8,10-11H2,1-4H3. The van der Waals surface area contributed by atoms with E-state index in [1.165, 1.54) is 0 Å². The fraction of sp³-hybridized carbons (Fsp3) is 0.643. The fourth-order valence-electron chi connectivity index (χ4n) is 1.65. The van der Waals surface area contributed by atoms with Crippen LogP contribution in [0.25, 0.3) is 0 Å². The van der Waals surface area contributed by atoms with Crippen LogP contribution in [-0.2, 0) is 0 Å². The van der Waals surface area contributed by atoms with Crippen molar-refractivity contribution in [2.45, 2.75) is 26.3 Å². The smallest absolute Gasteiger partial charge is 0.218 e. The van der Waals surface area contributed by atoms with Crippen LogP contribution in [0, 0.1) is 0 Å². The first-order valence-corrected chi connectivity index (χ1v) is 6.61. The molecule has 0 fully saturated rings. The van der Waals surface area contributed by atoms with Crippen molar-refractivity contribution >= 4 is 0 Å². The van der Waals surface area contributed by atoms with Crippen molar-refractivity contribution in [3.05, 3.63) is 23.9 Å². The molecule has 1 atom stereocenters. The molecule has 0 aliphatic heterocycles. The van der Waals surface area contributed by atoms with Crippen molar-refractivity contribution in [3.8, 4) is 5.88 Å². The monoisotopic (exact) mass is 251 g/mol. The Morgan fingerprint density at radius 3 is 2.89 bits per heavy atom. The number of hydrogen-bond donors (Lipinski definition) is 1. The largest absolute Gasteiger partial charge is 0.476 e. The lowest BCUT2D eigenvalue weighted by Crippen LogP contribution is -2.22. The molecule has 0 bridgehead atoms. The van der Waals surface area contributed by atoms with Gasteiger partial charge in [0.15, 0.2) is 0 Å². The van der Waals surface area contributed by atoms with E-state index in [0.717, 1.165) is 31.0 Å². The second kappa shape index (κ2) is 8.06. The summed E-state index contributed by atoms with van der Waals surface area (Å²) in [6.45, 7) is 6.88. The number of nitrogens with one attached hydrogen (secondary N) is 1. The Kier molecular flexibility index (Phi) is 6.68. The van der Waals surface area contributed by atoms with E-state index < -0.39 is 0 Å². The summed E-state index contributed by atoms with van der Waals surface area (Å²) in [5, 5.41) is 3.46. The van der Waals surface area contributed by atoms with Gasteiger partial charge in [0.1, 0.15) is 6.61 Å². The highest BCUT2D eigenvalue weighted by Gasteiger charge is 2.11. The third-order valence-electron chi connectivity index (χ3n) is 2.74. The van der Waals surface area contributed by atoms with Crippen molar-refractivity contribution < 1.29 is 4.74 Å². The summed E-state index contributed by atoms with van der Waals surface area (Å²) in [5.41, 5.74) is 1.13. The average molecular weight is 251 g/mol. The maximum atomic E-state index is 5.76. The maximum Gasteiger partial charge on any atom is 0.218 e. The summed E-state index contributed by atoms with van der Waals surface area (Å²) in [7, 11) is 4.07. The maximum absolute atomic E-state index is 5.76. The van der Waals surface area contributed by atoms with E-state index in [4.69, 9.17) is 4.74 Å². The van der Waals surface area contributed by atoms with Gasteiger partial charge in [0.05, 0.1) is 0 Å². The summed E-state index contributed by atoms with van der Waals surface area (Å²) < 4.78 is 5.76. The van der Waals surface area contributed by atoms with Gasteiger partial charge in [-0.15, -0.1) is 0 Å². The lowest BCUT2D eigenvalue weighted by Gasteiger charge is -2.17. The Labute approximate surface area is 110 Å². The lowest BCUT2D eigenvalue weighted by atomic mass is 10.1. The predicted octanol–water partition coefficient (Wildman–Crippen LogP) is 2.08. The van der Waals surface area contributed by atoms with E-state index in [1.54, 1.807) is 6.20 Å². The molecule has 0 saturated heterocycles. The Bertz CT molecular complexity index is 342. The summed E-state index contributed by atoms with van der Waals surface area (Å²) in [4.78, 5) is 6.42. The molecule has 0 aromatic carbocycles. The predicted molar refractivity (Wildman–Crippen MR) is 75.0 cm³/mol. The molecule has 0 amide bonds. The third kappa shape index (κ3) is 5.02. The Morgan fingerprint density at radius 2 is 2.22 bits per heavy atom. The van der Waals surface area contributed by atoms with Crippen LogP contribution in [0.4, 0.5) is 0 Å². The van der Waals surface area contributed by atoms with Gasteiger partial charge in [-0.25, -0.2) is 4.98 Å². The van der Waals surface area contributed by atoms with E-state index in [2.05, 4.69) is 35.1 Å². The van der Waals surface area contributed by atoms with Crippen LogP contribution in [0.2, 0.25) is 0 Å². The fourth-order valence-corrected chi connectivity index (χ4v) is 1.65. The van der Waals surface area contributed by atoms with E-state index in [1.807, 2.05) is 20.2 Å². The van der Waals surface area contributed by atoms with Gasteiger partial charge in [0.25, 0.3) is 0 Å². The quantitative estimate of drug-likeness (QED) is 0.767. The number of ether oxygens (including phenoxy) is 1. The zero-order valence-corrected chi connectivity index (χ0v) is 11.9. The van der Waals surface area contributed by atoms with Gasteiger partial charge in [-0.05, 0) is 40.1 Å². The molecule has 0 saturated carbocycles. The highest BCUT2D eigenvalue weighted by molar-refractivity contribution is 5.28. The van der Waals surface area contributed by atoms with Gasteiger partial charge in [0.2, 0.25) is 5.88 Å². The minimum absolute atomic E-state index is 0.271. The number of aromatic nitrogens is 1. The molecule has 18 heavy (non-hydrogen) atoms. The second-order valence-corrected chi connectivity index (χ2v) is 4.73. The second-order valence-electron chi connectivity index (χ2n) is 4.73. The molecule has 0 spiro atoms. The van der Waals surface area contributed by atoms with E-state index in [0.29, 0.717) is 6.61 Å². The number of rotatable bonds is 8. The van der Waals surface area contributed by atoms with Crippen LogP contribution in [0.3, 0.4) is 0 Å². The number of hydrogen-bond acceptors (Lipinski definition) is 4. The zero-order valence-electron chi connectivity index (χ0n) is 11.9. The van der Waals surface area contributed by atoms with Gasteiger partial charge in [-0.1, -0.05) is 13.0 Å².